The minimum atomic E-state index is -0.514. The number of anilines is 1. The lowest BCUT2D eigenvalue weighted by Gasteiger charge is -2.11. The van der Waals surface area contributed by atoms with Crippen LogP contribution in [0.5, 0.6) is 0 Å². The van der Waals surface area contributed by atoms with Crippen molar-refractivity contribution in [2.24, 2.45) is 7.05 Å². The van der Waals surface area contributed by atoms with Crippen molar-refractivity contribution in [1.29, 1.82) is 0 Å². The van der Waals surface area contributed by atoms with Gasteiger partial charge in [0.1, 0.15) is 5.69 Å². The summed E-state index contributed by atoms with van der Waals surface area (Å²) in [5.41, 5.74) is 2.34. The standard InChI is InChI=1S/C18H22N2O3/c1-4-13(2)14-7-9-15(10-8-14)19-17(21)12-23-18(22)16-6-5-11-20(16)3/h5-11,13H,4,12H2,1-3H3,(H,19,21)/t13-/m1/s1. The Kier molecular flexibility index (Phi) is 5.57. The molecule has 0 unspecified atom stereocenters. The molecule has 0 bridgehead atoms. The van der Waals surface area contributed by atoms with Gasteiger partial charge in [0.2, 0.25) is 0 Å². The molecule has 0 radical (unpaired) electrons. The summed E-state index contributed by atoms with van der Waals surface area (Å²) in [6, 6.07) is 11.1. The van der Waals surface area contributed by atoms with E-state index in [9.17, 15) is 9.59 Å². The second-order valence-electron chi connectivity index (χ2n) is 5.56. The molecule has 0 aliphatic carbocycles. The Morgan fingerprint density at radius 2 is 1.91 bits per heavy atom. The number of hydrogen-bond acceptors (Lipinski definition) is 3. The van der Waals surface area contributed by atoms with Gasteiger partial charge in [0.25, 0.3) is 5.91 Å². The molecule has 23 heavy (non-hydrogen) atoms. The molecule has 1 atom stereocenters. The molecule has 0 saturated heterocycles. The number of rotatable bonds is 6. The van der Waals surface area contributed by atoms with Gasteiger partial charge in [0.15, 0.2) is 6.61 Å². The van der Waals surface area contributed by atoms with Gasteiger partial charge in [0, 0.05) is 18.9 Å². The quantitative estimate of drug-likeness (QED) is 0.832. The molecule has 1 amide bonds. The molecule has 2 rings (SSSR count). The first-order valence-corrected chi connectivity index (χ1v) is 7.69. The molecule has 0 fully saturated rings. The van der Waals surface area contributed by atoms with Crippen LogP contribution in [0.4, 0.5) is 5.69 Å². The van der Waals surface area contributed by atoms with Gasteiger partial charge in [-0.05, 0) is 42.2 Å². The molecule has 5 nitrogen and oxygen atoms in total. The molecular weight excluding hydrogens is 292 g/mol. The molecule has 1 heterocycles. The third kappa shape index (κ3) is 4.45. The second kappa shape index (κ2) is 7.63. The number of esters is 1. The third-order valence-electron chi connectivity index (χ3n) is 3.86. The van der Waals surface area contributed by atoms with Crippen LogP contribution in [0.25, 0.3) is 0 Å². The van der Waals surface area contributed by atoms with Crippen molar-refractivity contribution < 1.29 is 14.3 Å². The molecule has 0 aliphatic rings. The van der Waals surface area contributed by atoms with Gasteiger partial charge in [-0.15, -0.1) is 0 Å². The Morgan fingerprint density at radius 3 is 2.48 bits per heavy atom. The molecule has 0 spiro atoms. The summed E-state index contributed by atoms with van der Waals surface area (Å²) in [6.07, 6.45) is 2.82. The van der Waals surface area contributed by atoms with Crippen LogP contribution in [0, 0.1) is 0 Å². The highest BCUT2D eigenvalue weighted by Crippen LogP contribution is 2.20. The molecule has 1 aromatic carbocycles. The Labute approximate surface area is 136 Å². The van der Waals surface area contributed by atoms with Gasteiger partial charge in [-0.1, -0.05) is 26.0 Å². The smallest absolute Gasteiger partial charge is 0.355 e. The van der Waals surface area contributed by atoms with Crippen molar-refractivity contribution in [1.82, 2.24) is 4.57 Å². The van der Waals surface area contributed by atoms with Crippen LogP contribution in [0.1, 0.15) is 42.2 Å². The second-order valence-corrected chi connectivity index (χ2v) is 5.56. The van der Waals surface area contributed by atoms with E-state index in [0.717, 1.165) is 6.42 Å². The predicted octanol–water partition coefficient (Wildman–Crippen LogP) is 3.33. The lowest BCUT2D eigenvalue weighted by Crippen LogP contribution is -2.21. The minimum absolute atomic E-state index is 0.308. The molecule has 1 aromatic heterocycles. The van der Waals surface area contributed by atoms with Crippen LogP contribution in [-0.4, -0.2) is 23.1 Å². The fourth-order valence-electron chi connectivity index (χ4n) is 2.21. The van der Waals surface area contributed by atoms with Crippen molar-refractivity contribution in [3.05, 3.63) is 53.9 Å². The number of nitrogens with one attached hydrogen (secondary N) is 1. The molecular formula is C18H22N2O3. The van der Waals surface area contributed by atoms with Gasteiger partial charge in [-0.2, -0.15) is 0 Å². The number of aryl methyl sites for hydroxylation is 1. The van der Waals surface area contributed by atoms with E-state index in [1.807, 2.05) is 24.3 Å². The summed E-state index contributed by atoms with van der Waals surface area (Å²) in [7, 11) is 1.75. The van der Waals surface area contributed by atoms with Gasteiger partial charge in [-0.25, -0.2) is 4.79 Å². The minimum Gasteiger partial charge on any atom is -0.451 e. The molecule has 122 valence electrons. The van der Waals surface area contributed by atoms with Crippen LogP contribution in [-0.2, 0) is 16.6 Å². The Bertz CT molecular complexity index is 674. The van der Waals surface area contributed by atoms with Gasteiger partial charge >= 0.3 is 5.97 Å². The fraction of sp³-hybridized carbons (Fsp3) is 0.333. The maximum absolute atomic E-state index is 11.9. The van der Waals surface area contributed by atoms with Crippen molar-refractivity contribution >= 4 is 17.6 Å². The molecule has 0 saturated carbocycles. The van der Waals surface area contributed by atoms with Crippen LogP contribution in [0.15, 0.2) is 42.6 Å². The van der Waals surface area contributed by atoms with E-state index in [0.29, 0.717) is 17.3 Å². The zero-order valence-corrected chi connectivity index (χ0v) is 13.7. The highest BCUT2D eigenvalue weighted by Gasteiger charge is 2.12. The van der Waals surface area contributed by atoms with Crippen molar-refractivity contribution in [3.8, 4) is 0 Å². The lowest BCUT2D eigenvalue weighted by atomic mass is 9.99. The Hall–Kier alpha value is -2.56. The Morgan fingerprint density at radius 1 is 1.22 bits per heavy atom. The van der Waals surface area contributed by atoms with E-state index in [1.165, 1.54) is 5.56 Å². The highest BCUT2D eigenvalue weighted by molar-refractivity contribution is 5.94. The topological polar surface area (TPSA) is 60.3 Å². The fourth-order valence-corrected chi connectivity index (χ4v) is 2.21. The predicted molar refractivity (Wildman–Crippen MR) is 89.5 cm³/mol. The van der Waals surface area contributed by atoms with E-state index in [4.69, 9.17) is 4.74 Å². The number of hydrogen-bond donors (Lipinski definition) is 1. The number of aromatic nitrogens is 1. The number of carbonyl (C=O) groups is 2. The Balaban J connectivity index is 1.85. The van der Waals surface area contributed by atoms with Crippen molar-refractivity contribution in [3.63, 3.8) is 0 Å². The van der Waals surface area contributed by atoms with E-state index in [2.05, 4.69) is 19.2 Å². The third-order valence-corrected chi connectivity index (χ3v) is 3.86. The van der Waals surface area contributed by atoms with Gasteiger partial charge < -0.3 is 14.6 Å². The van der Waals surface area contributed by atoms with Gasteiger partial charge in [0.05, 0.1) is 0 Å². The normalized spacial score (nSPS) is 11.8. The summed E-state index contributed by atoms with van der Waals surface area (Å²) in [4.78, 5) is 23.7. The van der Waals surface area contributed by atoms with E-state index in [-0.39, 0.29) is 12.5 Å². The van der Waals surface area contributed by atoms with Crippen LogP contribution in [0.2, 0.25) is 0 Å². The number of ether oxygens (including phenoxy) is 1. The molecule has 2 aromatic rings. The first kappa shape index (κ1) is 16.8. The van der Waals surface area contributed by atoms with Crippen molar-refractivity contribution in [2.75, 3.05) is 11.9 Å². The average Bonchev–Trinajstić information content (AvgIpc) is 2.98. The zero-order chi connectivity index (χ0) is 16.8. The SMILES string of the molecule is CC[C@@H](C)c1ccc(NC(=O)COC(=O)c2cccn2C)cc1. The van der Waals surface area contributed by atoms with E-state index < -0.39 is 5.97 Å². The van der Waals surface area contributed by atoms with Crippen LogP contribution >= 0.6 is 0 Å². The molecule has 1 N–H and O–H groups in total. The molecule has 0 aliphatic heterocycles. The van der Waals surface area contributed by atoms with E-state index in [1.54, 1.807) is 29.9 Å². The first-order valence-electron chi connectivity index (χ1n) is 7.69. The summed E-state index contributed by atoms with van der Waals surface area (Å²) in [5.74, 6) is -0.380. The maximum Gasteiger partial charge on any atom is 0.355 e. The summed E-state index contributed by atoms with van der Waals surface area (Å²) in [6.45, 7) is 4.00. The summed E-state index contributed by atoms with van der Waals surface area (Å²) >= 11 is 0. The first-order chi connectivity index (χ1) is 11.0. The van der Waals surface area contributed by atoms with Crippen molar-refractivity contribution in [2.45, 2.75) is 26.2 Å². The maximum atomic E-state index is 11.9. The van der Waals surface area contributed by atoms with E-state index >= 15 is 0 Å². The van der Waals surface area contributed by atoms with Crippen LogP contribution in [0.3, 0.4) is 0 Å². The number of carbonyl (C=O) groups excluding carboxylic acids is 2. The number of benzene rings is 1. The average molecular weight is 314 g/mol. The van der Waals surface area contributed by atoms with Gasteiger partial charge in [-0.3, -0.25) is 4.79 Å². The monoisotopic (exact) mass is 314 g/mol. The summed E-state index contributed by atoms with van der Waals surface area (Å²) in [5, 5.41) is 2.72. The molecule has 5 heteroatoms. The number of nitrogens with zero attached hydrogens (tertiary/aromatic N) is 1. The zero-order valence-electron chi connectivity index (χ0n) is 13.7. The lowest BCUT2D eigenvalue weighted by molar-refractivity contribution is -0.119. The summed E-state index contributed by atoms with van der Waals surface area (Å²) < 4.78 is 6.66. The largest absolute Gasteiger partial charge is 0.451 e. The number of amides is 1. The highest BCUT2D eigenvalue weighted by atomic mass is 16.5. The van der Waals surface area contributed by atoms with Crippen LogP contribution < -0.4 is 5.32 Å².